The highest BCUT2D eigenvalue weighted by atomic mass is 35.5. The number of fused-ring (bicyclic) bond motifs is 1. The van der Waals surface area contributed by atoms with Crippen LogP contribution in [0.2, 0.25) is 5.02 Å². The lowest BCUT2D eigenvalue weighted by molar-refractivity contribution is -0.117. The fourth-order valence-corrected chi connectivity index (χ4v) is 4.50. The summed E-state index contributed by atoms with van der Waals surface area (Å²) in [5.41, 5.74) is 2.59. The van der Waals surface area contributed by atoms with Crippen LogP contribution in [0.25, 0.3) is 5.52 Å². The minimum absolute atomic E-state index is 0.118. The maximum Gasteiger partial charge on any atom is 0.247 e. The van der Waals surface area contributed by atoms with Crippen LogP contribution < -0.4 is 15.5 Å². The summed E-state index contributed by atoms with van der Waals surface area (Å²) in [7, 11) is 0. The summed E-state index contributed by atoms with van der Waals surface area (Å²) in [6.45, 7) is 0.695. The molecule has 4 aromatic rings. The largest absolute Gasteiger partial charge is 0.327 e. The number of anilines is 4. The third-order valence-electron chi connectivity index (χ3n) is 6.19. The van der Waals surface area contributed by atoms with Crippen molar-refractivity contribution in [3.05, 3.63) is 59.4 Å². The van der Waals surface area contributed by atoms with Crippen LogP contribution >= 0.6 is 11.6 Å². The Labute approximate surface area is 195 Å². The molecule has 1 aromatic carbocycles. The number of H-pyrrole nitrogens is 1. The van der Waals surface area contributed by atoms with Gasteiger partial charge in [-0.2, -0.15) is 10.1 Å². The highest BCUT2D eigenvalue weighted by molar-refractivity contribution is 6.33. The lowest BCUT2D eigenvalue weighted by atomic mass is 10.2. The SMILES string of the molecule is O=C(Nc1ccccc1Cl)C1CCCN1c1nc(Nc2cc(C3CC3)[nH]n2)c2cccn2n1. The third kappa shape index (κ3) is 3.89. The van der Waals surface area contributed by atoms with Gasteiger partial charge in [0.25, 0.3) is 0 Å². The van der Waals surface area contributed by atoms with Gasteiger partial charge in [0.1, 0.15) is 11.6 Å². The van der Waals surface area contributed by atoms with Crippen molar-refractivity contribution in [3.63, 3.8) is 0 Å². The predicted molar refractivity (Wildman–Crippen MR) is 127 cm³/mol. The average molecular weight is 463 g/mol. The van der Waals surface area contributed by atoms with Crippen LogP contribution in [-0.4, -0.2) is 43.3 Å². The fraction of sp³-hybridized carbons (Fsp3) is 0.304. The van der Waals surface area contributed by atoms with E-state index < -0.39 is 0 Å². The molecule has 168 valence electrons. The fourth-order valence-electron chi connectivity index (χ4n) is 4.32. The number of benzene rings is 1. The molecule has 10 heteroatoms. The maximum atomic E-state index is 13.1. The van der Waals surface area contributed by atoms with Gasteiger partial charge in [-0.1, -0.05) is 23.7 Å². The van der Waals surface area contributed by atoms with E-state index in [1.54, 1.807) is 16.6 Å². The Balaban J connectivity index is 1.28. The van der Waals surface area contributed by atoms with Crippen molar-refractivity contribution in [2.24, 2.45) is 0 Å². The minimum Gasteiger partial charge on any atom is -0.327 e. The number of aromatic nitrogens is 5. The number of nitrogens with one attached hydrogen (secondary N) is 3. The van der Waals surface area contributed by atoms with Gasteiger partial charge in [0.2, 0.25) is 11.9 Å². The molecular formula is C23H23ClN8O. The molecule has 2 fully saturated rings. The van der Waals surface area contributed by atoms with Crippen molar-refractivity contribution in [1.82, 2.24) is 24.8 Å². The summed E-state index contributed by atoms with van der Waals surface area (Å²) < 4.78 is 1.78. The number of rotatable bonds is 6. The van der Waals surface area contributed by atoms with Crippen molar-refractivity contribution < 1.29 is 4.79 Å². The number of aromatic amines is 1. The smallest absolute Gasteiger partial charge is 0.247 e. The van der Waals surface area contributed by atoms with Crippen molar-refractivity contribution in [1.29, 1.82) is 0 Å². The molecule has 1 atom stereocenters. The molecule has 2 aliphatic rings. The van der Waals surface area contributed by atoms with Crippen LogP contribution in [-0.2, 0) is 4.79 Å². The second-order valence-corrected chi connectivity index (χ2v) is 8.93. The van der Waals surface area contributed by atoms with Crippen LogP contribution in [0.4, 0.5) is 23.3 Å². The summed E-state index contributed by atoms with van der Waals surface area (Å²) >= 11 is 6.23. The second kappa shape index (κ2) is 8.08. The molecule has 0 spiro atoms. The van der Waals surface area contributed by atoms with Crippen molar-refractivity contribution >= 4 is 46.3 Å². The van der Waals surface area contributed by atoms with Crippen molar-refractivity contribution in [3.8, 4) is 0 Å². The maximum absolute atomic E-state index is 13.1. The van der Waals surface area contributed by atoms with Gasteiger partial charge in [-0.15, -0.1) is 5.10 Å². The molecule has 9 nitrogen and oxygen atoms in total. The molecule has 1 saturated carbocycles. The minimum atomic E-state index is -0.381. The van der Waals surface area contributed by atoms with Crippen molar-refractivity contribution in [2.45, 2.75) is 37.6 Å². The molecule has 0 radical (unpaired) electrons. The number of para-hydroxylation sites is 1. The number of carbonyl (C=O) groups excluding carboxylic acids is 1. The second-order valence-electron chi connectivity index (χ2n) is 8.53. The first-order valence-electron chi connectivity index (χ1n) is 11.2. The number of hydrogen-bond acceptors (Lipinski definition) is 6. The molecule has 3 aromatic heterocycles. The van der Waals surface area contributed by atoms with Gasteiger partial charge in [-0.05, 0) is 49.9 Å². The molecule has 1 unspecified atom stereocenters. The van der Waals surface area contributed by atoms with Crippen LogP contribution in [0.5, 0.6) is 0 Å². The molecule has 6 rings (SSSR count). The van der Waals surface area contributed by atoms with Gasteiger partial charge < -0.3 is 15.5 Å². The topological polar surface area (TPSA) is 103 Å². The molecule has 1 saturated heterocycles. The van der Waals surface area contributed by atoms with Gasteiger partial charge in [0.15, 0.2) is 11.6 Å². The van der Waals surface area contributed by atoms with E-state index in [9.17, 15) is 4.79 Å². The zero-order valence-electron chi connectivity index (χ0n) is 17.8. The monoisotopic (exact) mass is 462 g/mol. The lowest BCUT2D eigenvalue weighted by Crippen LogP contribution is -2.41. The molecule has 4 heterocycles. The Morgan fingerprint density at radius 3 is 2.88 bits per heavy atom. The summed E-state index contributed by atoms with van der Waals surface area (Å²) in [6, 6.07) is 12.8. The average Bonchev–Trinajstić information content (AvgIpc) is 3.20. The van der Waals surface area contributed by atoms with Gasteiger partial charge in [-0.25, -0.2) is 4.52 Å². The summed E-state index contributed by atoms with van der Waals surface area (Å²) in [5.74, 6) is 2.34. The van der Waals surface area contributed by atoms with E-state index in [0.29, 0.717) is 34.9 Å². The van der Waals surface area contributed by atoms with E-state index in [0.717, 1.165) is 29.9 Å². The molecule has 3 N–H and O–H groups in total. The Bertz CT molecular complexity index is 1330. The van der Waals surface area contributed by atoms with E-state index in [1.165, 1.54) is 12.8 Å². The summed E-state index contributed by atoms with van der Waals surface area (Å²) in [5, 5.41) is 19.0. The van der Waals surface area contributed by atoms with E-state index in [2.05, 4.69) is 25.9 Å². The Hall–Kier alpha value is -3.59. The Morgan fingerprint density at radius 2 is 2.03 bits per heavy atom. The molecule has 1 amide bonds. The highest BCUT2D eigenvalue weighted by Gasteiger charge is 2.33. The van der Waals surface area contributed by atoms with Gasteiger partial charge in [-0.3, -0.25) is 9.89 Å². The third-order valence-corrected chi connectivity index (χ3v) is 6.51. The molecule has 33 heavy (non-hydrogen) atoms. The van der Waals surface area contributed by atoms with E-state index in [-0.39, 0.29) is 11.9 Å². The number of amides is 1. The first kappa shape index (κ1) is 20.0. The Morgan fingerprint density at radius 1 is 1.15 bits per heavy atom. The number of hydrogen-bond donors (Lipinski definition) is 3. The molecule has 0 bridgehead atoms. The quantitative estimate of drug-likeness (QED) is 0.394. The lowest BCUT2D eigenvalue weighted by Gasteiger charge is -2.24. The summed E-state index contributed by atoms with van der Waals surface area (Å²) in [4.78, 5) is 19.9. The van der Waals surface area contributed by atoms with Gasteiger partial charge >= 0.3 is 0 Å². The van der Waals surface area contributed by atoms with E-state index in [4.69, 9.17) is 16.6 Å². The number of halogens is 1. The van der Waals surface area contributed by atoms with Crippen molar-refractivity contribution in [2.75, 3.05) is 22.1 Å². The zero-order valence-corrected chi connectivity index (χ0v) is 18.6. The van der Waals surface area contributed by atoms with Crippen LogP contribution in [0.3, 0.4) is 0 Å². The van der Waals surface area contributed by atoms with Crippen LogP contribution in [0, 0.1) is 0 Å². The van der Waals surface area contributed by atoms with Gasteiger partial charge in [0.05, 0.1) is 10.7 Å². The van der Waals surface area contributed by atoms with Gasteiger partial charge in [0, 0.05) is 30.4 Å². The normalized spacial score (nSPS) is 18.1. The predicted octanol–water partition coefficient (Wildman–Crippen LogP) is 4.33. The molecule has 1 aliphatic carbocycles. The number of carbonyl (C=O) groups is 1. The van der Waals surface area contributed by atoms with Crippen LogP contribution in [0.15, 0.2) is 48.7 Å². The molecule has 1 aliphatic heterocycles. The zero-order chi connectivity index (χ0) is 22.4. The standard InChI is InChI=1S/C23H23ClN8O/c24-15-5-1-2-6-16(15)25-22(33)19-8-3-11-31(19)23-27-21(18-7-4-12-32(18)30-23)26-20-13-17(28-29-20)14-9-10-14/h1-2,4-7,12-14,19H,3,8-11H2,(H,25,33)(H2,26,27,28,29,30). The van der Waals surface area contributed by atoms with Crippen LogP contribution in [0.1, 0.15) is 37.3 Å². The first-order chi connectivity index (χ1) is 16.2. The molecular weight excluding hydrogens is 440 g/mol. The summed E-state index contributed by atoms with van der Waals surface area (Å²) in [6.07, 6.45) is 5.88. The number of nitrogens with zero attached hydrogens (tertiary/aromatic N) is 5. The highest BCUT2D eigenvalue weighted by Crippen LogP contribution is 2.39. The first-order valence-corrected chi connectivity index (χ1v) is 11.5. The Kier molecular flexibility index (Phi) is 4.91. The van der Waals surface area contributed by atoms with E-state index in [1.807, 2.05) is 41.4 Å². The van der Waals surface area contributed by atoms with E-state index >= 15 is 0 Å².